The van der Waals surface area contributed by atoms with Crippen LogP contribution in [0.1, 0.15) is 51.2 Å². The molecule has 6 heteroatoms. The van der Waals surface area contributed by atoms with Gasteiger partial charge in [-0.15, -0.1) is 10.2 Å². The molecule has 1 saturated carbocycles. The van der Waals surface area contributed by atoms with Crippen molar-refractivity contribution in [3.05, 3.63) is 11.6 Å². The molecular formula is C19H35N5O. The van der Waals surface area contributed by atoms with Crippen LogP contribution in [0.3, 0.4) is 0 Å². The fourth-order valence-corrected chi connectivity index (χ4v) is 4.08. The highest BCUT2D eigenvalue weighted by Crippen LogP contribution is 2.26. The zero-order valence-corrected chi connectivity index (χ0v) is 16.3. The van der Waals surface area contributed by atoms with Crippen molar-refractivity contribution in [2.75, 3.05) is 39.3 Å². The molecule has 1 aromatic heterocycles. The first kappa shape index (κ1) is 18.8. The van der Waals surface area contributed by atoms with Crippen molar-refractivity contribution in [2.24, 2.45) is 13.0 Å². The molecule has 0 aromatic carbocycles. The summed E-state index contributed by atoms with van der Waals surface area (Å²) in [6, 6.07) is 0. The SMILES string of the molecule is CCc1nnc(CN2CCN(CCO[C@H]3CCCC[C@H]3C)CC2)n1C. The van der Waals surface area contributed by atoms with Gasteiger partial charge in [-0.05, 0) is 18.8 Å². The lowest BCUT2D eigenvalue weighted by molar-refractivity contribution is -0.0183. The van der Waals surface area contributed by atoms with Crippen LogP contribution >= 0.6 is 0 Å². The first-order valence-corrected chi connectivity index (χ1v) is 10.1. The van der Waals surface area contributed by atoms with E-state index < -0.39 is 0 Å². The van der Waals surface area contributed by atoms with Gasteiger partial charge in [0.1, 0.15) is 11.6 Å². The summed E-state index contributed by atoms with van der Waals surface area (Å²) in [6.45, 7) is 11.8. The zero-order valence-electron chi connectivity index (χ0n) is 16.3. The third kappa shape index (κ3) is 5.02. The van der Waals surface area contributed by atoms with E-state index in [0.29, 0.717) is 6.10 Å². The standard InChI is InChI=1S/C19H35N5O/c1-4-18-20-21-19(22(18)3)15-24-11-9-23(10-12-24)13-14-25-17-8-6-5-7-16(17)2/h16-17H,4-15H2,1-3H3/t16-,17+/m1/s1. The van der Waals surface area contributed by atoms with Gasteiger partial charge in [0, 0.05) is 46.2 Å². The lowest BCUT2D eigenvalue weighted by atomic mass is 9.88. The van der Waals surface area contributed by atoms with Gasteiger partial charge >= 0.3 is 0 Å². The topological polar surface area (TPSA) is 46.4 Å². The van der Waals surface area contributed by atoms with E-state index in [1.165, 1.54) is 25.7 Å². The summed E-state index contributed by atoms with van der Waals surface area (Å²) in [6.07, 6.45) is 6.76. The normalized spacial score (nSPS) is 26.2. The van der Waals surface area contributed by atoms with Crippen LogP contribution in [-0.4, -0.2) is 70.0 Å². The fraction of sp³-hybridized carbons (Fsp3) is 0.895. The monoisotopic (exact) mass is 349 g/mol. The molecule has 3 rings (SSSR count). The minimum atomic E-state index is 0.499. The van der Waals surface area contributed by atoms with Crippen molar-refractivity contribution in [1.29, 1.82) is 0 Å². The number of aromatic nitrogens is 3. The summed E-state index contributed by atoms with van der Waals surface area (Å²) in [4.78, 5) is 5.03. The molecule has 2 heterocycles. The number of ether oxygens (including phenoxy) is 1. The summed E-state index contributed by atoms with van der Waals surface area (Å²) < 4.78 is 8.32. The Kier molecular flexibility index (Phi) is 6.84. The third-order valence-electron chi connectivity index (χ3n) is 5.97. The molecular weight excluding hydrogens is 314 g/mol. The molecule has 142 valence electrons. The second-order valence-electron chi connectivity index (χ2n) is 7.73. The molecule has 1 saturated heterocycles. The summed E-state index contributed by atoms with van der Waals surface area (Å²) in [5.41, 5.74) is 0. The van der Waals surface area contributed by atoms with Crippen LogP contribution in [0.4, 0.5) is 0 Å². The van der Waals surface area contributed by atoms with E-state index >= 15 is 0 Å². The van der Waals surface area contributed by atoms with Crippen molar-refractivity contribution < 1.29 is 4.74 Å². The molecule has 2 atom stereocenters. The van der Waals surface area contributed by atoms with E-state index in [4.69, 9.17) is 4.74 Å². The van der Waals surface area contributed by atoms with Gasteiger partial charge in [0.15, 0.2) is 0 Å². The van der Waals surface area contributed by atoms with Gasteiger partial charge in [0.05, 0.1) is 19.3 Å². The maximum absolute atomic E-state index is 6.17. The Balaban J connectivity index is 1.35. The Labute approximate surface area is 152 Å². The Morgan fingerprint density at radius 2 is 1.68 bits per heavy atom. The van der Waals surface area contributed by atoms with Gasteiger partial charge in [-0.3, -0.25) is 9.80 Å². The Bertz CT molecular complexity index is 524. The number of rotatable bonds is 7. The molecule has 0 amide bonds. The Morgan fingerprint density at radius 1 is 1.00 bits per heavy atom. The molecule has 1 aliphatic heterocycles. The van der Waals surface area contributed by atoms with E-state index in [1.807, 2.05) is 0 Å². The molecule has 2 aliphatic rings. The fourth-order valence-electron chi connectivity index (χ4n) is 4.08. The van der Waals surface area contributed by atoms with E-state index in [-0.39, 0.29) is 0 Å². The summed E-state index contributed by atoms with van der Waals surface area (Å²) >= 11 is 0. The van der Waals surface area contributed by atoms with E-state index in [0.717, 1.165) is 69.9 Å². The predicted molar refractivity (Wildman–Crippen MR) is 99.5 cm³/mol. The average molecular weight is 350 g/mol. The first-order valence-electron chi connectivity index (χ1n) is 10.1. The number of hydrogen-bond acceptors (Lipinski definition) is 5. The predicted octanol–water partition coefficient (Wildman–Crippen LogP) is 2.09. The summed E-state index contributed by atoms with van der Waals surface area (Å²) in [5.74, 6) is 2.90. The van der Waals surface area contributed by atoms with Crippen LogP contribution in [-0.2, 0) is 24.8 Å². The van der Waals surface area contributed by atoms with Gasteiger partial charge in [0.25, 0.3) is 0 Å². The minimum Gasteiger partial charge on any atom is -0.377 e. The second kappa shape index (κ2) is 9.10. The van der Waals surface area contributed by atoms with Crippen LogP contribution in [0.25, 0.3) is 0 Å². The van der Waals surface area contributed by atoms with Crippen molar-refractivity contribution in [3.63, 3.8) is 0 Å². The molecule has 25 heavy (non-hydrogen) atoms. The molecule has 0 bridgehead atoms. The highest BCUT2D eigenvalue weighted by atomic mass is 16.5. The largest absolute Gasteiger partial charge is 0.377 e. The number of hydrogen-bond donors (Lipinski definition) is 0. The first-order chi connectivity index (χ1) is 12.2. The van der Waals surface area contributed by atoms with Gasteiger partial charge in [-0.25, -0.2) is 0 Å². The Hall–Kier alpha value is -0.980. The highest BCUT2D eigenvalue weighted by Gasteiger charge is 2.23. The molecule has 1 aliphatic carbocycles. The maximum Gasteiger partial charge on any atom is 0.146 e. The van der Waals surface area contributed by atoms with E-state index in [9.17, 15) is 0 Å². The van der Waals surface area contributed by atoms with Crippen LogP contribution in [0, 0.1) is 5.92 Å². The quantitative estimate of drug-likeness (QED) is 0.754. The van der Waals surface area contributed by atoms with Crippen molar-refractivity contribution in [1.82, 2.24) is 24.6 Å². The molecule has 2 fully saturated rings. The summed E-state index contributed by atoms with van der Waals surface area (Å²) in [7, 11) is 2.08. The Morgan fingerprint density at radius 3 is 2.36 bits per heavy atom. The van der Waals surface area contributed by atoms with Crippen LogP contribution < -0.4 is 0 Å². The maximum atomic E-state index is 6.17. The van der Waals surface area contributed by atoms with Crippen molar-refractivity contribution in [3.8, 4) is 0 Å². The van der Waals surface area contributed by atoms with Crippen molar-refractivity contribution in [2.45, 2.75) is 58.6 Å². The molecule has 0 radical (unpaired) electrons. The lowest BCUT2D eigenvalue weighted by Crippen LogP contribution is -2.47. The zero-order chi connectivity index (χ0) is 17.6. The lowest BCUT2D eigenvalue weighted by Gasteiger charge is -2.35. The number of aryl methyl sites for hydroxylation is 1. The third-order valence-corrected chi connectivity index (χ3v) is 5.97. The van der Waals surface area contributed by atoms with Gasteiger partial charge in [-0.1, -0.05) is 26.7 Å². The van der Waals surface area contributed by atoms with Crippen LogP contribution in [0.2, 0.25) is 0 Å². The number of nitrogens with zero attached hydrogens (tertiary/aromatic N) is 5. The summed E-state index contributed by atoms with van der Waals surface area (Å²) in [5, 5.41) is 8.61. The smallest absolute Gasteiger partial charge is 0.146 e. The van der Waals surface area contributed by atoms with E-state index in [1.54, 1.807) is 0 Å². The van der Waals surface area contributed by atoms with Gasteiger partial charge in [0.2, 0.25) is 0 Å². The van der Waals surface area contributed by atoms with E-state index in [2.05, 4.69) is 45.5 Å². The molecule has 0 spiro atoms. The minimum absolute atomic E-state index is 0.499. The molecule has 0 N–H and O–H groups in total. The molecule has 1 aromatic rings. The highest BCUT2D eigenvalue weighted by molar-refractivity contribution is 4.95. The number of piperazine rings is 1. The average Bonchev–Trinajstić information content (AvgIpc) is 2.98. The second-order valence-corrected chi connectivity index (χ2v) is 7.73. The van der Waals surface area contributed by atoms with Gasteiger partial charge in [-0.2, -0.15) is 0 Å². The molecule has 6 nitrogen and oxygen atoms in total. The van der Waals surface area contributed by atoms with Crippen LogP contribution in [0.5, 0.6) is 0 Å². The van der Waals surface area contributed by atoms with Gasteiger partial charge < -0.3 is 9.30 Å². The molecule has 0 unspecified atom stereocenters. The van der Waals surface area contributed by atoms with Crippen LogP contribution in [0.15, 0.2) is 0 Å². The van der Waals surface area contributed by atoms with Crippen molar-refractivity contribution >= 4 is 0 Å².